The lowest BCUT2D eigenvalue weighted by Crippen LogP contribution is -2.56. The molecule has 0 aromatic rings. The largest absolute Gasteiger partial charge is 0.301 e. The Hall–Kier alpha value is -0.0800. The van der Waals surface area contributed by atoms with Gasteiger partial charge in [-0.1, -0.05) is 26.7 Å². The summed E-state index contributed by atoms with van der Waals surface area (Å²) in [6.45, 7) is 14.3. The highest BCUT2D eigenvalue weighted by Gasteiger charge is 2.27. The SMILES string of the molecule is CCCCCN1[C@@H](C)CN(CC)C[C@@H]1C. The van der Waals surface area contributed by atoms with Gasteiger partial charge in [0.05, 0.1) is 0 Å². The normalized spacial score (nSPS) is 29.6. The van der Waals surface area contributed by atoms with Crippen LogP contribution in [0.5, 0.6) is 0 Å². The summed E-state index contributed by atoms with van der Waals surface area (Å²) >= 11 is 0. The van der Waals surface area contributed by atoms with Crippen LogP contribution in [-0.2, 0) is 0 Å². The molecule has 1 aliphatic heterocycles. The van der Waals surface area contributed by atoms with E-state index in [0.717, 1.165) is 12.1 Å². The Kier molecular flexibility index (Phi) is 5.62. The van der Waals surface area contributed by atoms with Crippen LogP contribution in [0.25, 0.3) is 0 Å². The maximum atomic E-state index is 2.70. The zero-order valence-corrected chi connectivity index (χ0v) is 11.0. The second kappa shape index (κ2) is 6.49. The van der Waals surface area contributed by atoms with Gasteiger partial charge in [-0.3, -0.25) is 4.90 Å². The summed E-state index contributed by atoms with van der Waals surface area (Å²) in [6.07, 6.45) is 4.09. The van der Waals surface area contributed by atoms with Gasteiger partial charge in [-0.2, -0.15) is 0 Å². The Morgan fingerprint density at radius 2 is 1.60 bits per heavy atom. The fourth-order valence-electron chi connectivity index (χ4n) is 2.71. The van der Waals surface area contributed by atoms with Gasteiger partial charge in [0, 0.05) is 25.2 Å². The van der Waals surface area contributed by atoms with Gasteiger partial charge >= 0.3 is 0 Å². The van der Waals surface area contributed by atoms with Crippen molar-refractivity contribution >= 4 is 0 Å². The number of unbranched alkanes of at least 4 members (excludes halogenated alkanes) is 2. The van der Waals surface area contributed by atoms with Gasteiger partial charge in [0.25, 0.3) is 0 Å². The van der Waals surface area contributed by atoms with Crippen LogP contribution in [0.15, 0.2) is 0 Å². The lowest BCUT2D eigenvalue weighted by molar-refractivity contribution is 0.0405. The summed E-state index contributed by atoms with van der Waals surface area (Å²) in [4.78, 5) is 5.27. The van der Waals surface area contributed by atoms with Crippen molar-refractivity contribution in [3.05, 3.63) is 0 Å². The Morgan fingerprint density at radius 3 is 2.07 bits per heavy atom. The van der Waals surface area contributed by atoms with E-state index in [2.05, 4.69) is 37.5 Å². The minimum Gasteiger partial charge on any atom is -0.301 e. The van der Waals surface area contributed by atoms with Gasteiger partial charge in [0.1, 0.15) is 0 Å². The molecule has 1 rings (SSSR count). The van der Waals surface area contributed by atoms with E-state index < -0.39 is 0 Å². The van der Waals surface area contributed by atoms with Crippen molar-refractivity contribution in [2.75, 3.05) is 26.2 Å². The summed E-state index contributed by atoms with van der Waals surface area (Å²) in [5.74, 6) is 0. The van der Waals surface area contributed by atoms with Gasteiger partial charge in [-0.05, 0) is 33.4 Å². The van der Waals surface area contributed by atoms with Crippen molar-refractivity contribution in [3.63, 3.8) is 0 Å². The highest BCUT2D eigenvalue weighted by Crippen LogP contribution is 2.16. The quantitative estimate of drug-likeness (QED) is 0.646. The fourth-order valence-corrected chi connectivity index (χ4v) is 2.71. The number of nitrogens with zero attached hydrogens (tertiary/aromatic N) is 2. The first-order chi connectivity index (χ1) is 7.19. The molecule has 0 unspecified atom stereocenters. The molecule has 1 fully saturated rings. The first kappa shape index (κ1) is 13.0. The molecule has 2 nitrogen and oxygen atoms in total. The number of hydrogen-bond acceptors (Lipinski definition) is 2. The molecule has 0 saturated carbocycles. The second-order valence-electron chi connectivity index (χ2n) is 5.00. The predicted octanol–water partition coefficient (Wildman–Crippen LogP) is 2.59. The molecule has 1 heterocycles. The minimum absolute atomic E-state index is 0.741. The fraction of sp³-hybridized carbons (Fsp3) is 1.00. The molecule has 0 amide bonds. The van der Waals surface area contributed by atoms with E-state index >= 15 is 0 Å². The molecule has 90 valence electrons. The molecule has 1 saturated heterocycles. The Morgan fingerprint density at radius 1 is 1.00 bits per heavy atom. The maximum absolute atomic E-state index is 2.70. The number of likely N-dealkylation sites (N-methyl/N-ethyl adjacent to an activating group) is 1. The van der Waals surface area contributed by atoms with Crippen LogP contribution in [0, 0.1) is 0 Å². The molecule has 0 spiro atoms. The molecule has 0 radical (unpaired) electrons. The molecular weight excluding hydrogens is 184 g/mol. The molecule has 1 aliphatic rings. The van der Waals surface area contributed by atoms with Crippen LogP contribution in [0.1, 0.15) is 47.0 Å². The molecular formula is C13H28N2. The number of piperazine rings is 1. The van der Waals surface area contributed by atoms with Crippen molar-refractivity contribution < 1.29 is 0 Å². The van der Waals surface area contributed by atoms with Crippen LogP contribution in [0.3, 0.4) is 0 Å². The van der Waals surface area contributed by atoms with Crippen molar-refractivity contribution in [2.45, 2.75) is 59.0 Å². The Balaban J connectivity index is 2.36. The van der Waals surface area contributed by atoms with Crippen molar-refractivity contribution in [1.29, 1.82) is 0 Å². The molecule has 2 atom stereocenters. The van der Waals surface area contributed by atoms with Gasteiger partial charge in [-0.25, -0.2) is 0 Å². The molecule has 0 aromatic carbocycles. The molecule has 0 aliphatic carbocycles. The zero-order valence-electron chi connectivity index (χ0n) is 11.0. The average Bonchev–Trinajstić information content (AvgIpc) is 2.22. The topological polar surface area (TPSA) is 6.48 Å². The summed E-state index contributed by atoms with van der Waals surface area (Å²) < 4.78 is 0. The van der Waals surface area contributed by atoms with Crippen molar-refractivity contribution in [2.24, 2.45) is 0 Å². The van der Waals surface area contributed by atoms with E-state index in [1.807, 2.05) is 0 Å². The van der Waals surface area contributed by atoms with Crippen molar-refractivity contribution in [1.82, 2.24) is 9.80 Å². The van der Waals surface area contributed by atoms with E-state index in [4.69, 9.17) is 0 Å². The van der Waals surface area contributed by atoms with Gasteiger partial charge < -0.3 is 4.90 Å². The second-order valence-corrected chi connectivity index (χ2v) is 5.00. The number of hydrogen-bond donors (Lipinski definition) is 0. The Labute approximate surface area is 95.6 Å². The molecule has 2 heteroatoms. The van der Waals surface area contributed by atoms with E-state index in [9.17, 15) is 0 Å². The smallest absolute Gasteiger partial charge is 0.0198 e. The Bertz CT molecular complexity index is 158. The van der Waals surface area contributed by atoms with Crippen molar-refractivity contribution in [3.8, 4) is 0 Å². The van der Waals surface area contributed by atoms with Crippen LogP contribution >= 0.6 is 0 Å². The summed E-state index contributed by atoms with van der Waals surface area (Å²) in [5, 5.41) is 0. The molecule has 0 aromatic heterocycles. The average molecular weight is 212 g/mol. The van der Waals surface area contributed by atoms with Crippen LogP contribution in [0.2, 0.25) is 0 Å². The third-order valence-electron chi connectivity index (χ3n) is 3.64. The standard InChI is InChI=1S/C13H28N2/c1-5-7-8-9-15-12(3)10-14(6-2)11-13(15)4/h12-13H,5-11H2,1-4H3/t12-,13-/m0/s1. The van der Waals surface area contributed by atoms with E-state index in [1.165, 1.54) is 45.4 Å². The van der Waals surface area contributed by atoms with Gasteiger partial charge in [-0.15, -0.1) is 0 Å². The zero-order chi connectivity index (χ0) is 11.3. The van der Waals surface area contributed by atoms with E-state index in [1.54, 1.807) is 0 Å². The third kappa shape index (κ3) is 3.76. The lowest BCUT2D eigenvalue weighted by atomic mass is 10.1. The first-order valence-corrected chi connectivity index (χ1v) is 6.67. The predicted molar refractivity (Wildman–Crippen MR) is 67.3 cm³/mol. The third-order valence-corrected chi connectivity index (χ3v) is 3.64. The van der Waals surface area contributed by atoms with Crippen LogP contribution in [0.4, 0.5) is 0 Å². The first-order valence-electron chi connectivity index (χ1n) is 6.67. The summed E-state index contributed by atoms with van der Waals surface area (Å²) in [5.41, 5.74) is 0. The molecule has 0 bridgehead atoms. The molecule has 15 heavy (non-hydrogen) atoms. The summed E-state index contributed by atoms with van der Waals surface area (Å²) in [6, 6.07) is 1.48. The summed E-state index contributed by atoms with van der Waals surface area (Å²) in [7, 11) is 0. The van der Waals surface area contributed by atoms with Gasteiger partial charge in [0.15, 0.2) is 0 Å². The van der Waals surface area contributed by atoms with Crippen LogP contribution < -0.4 is 0 Å². The monoisotopic (exact) mass is 212 g/mol. The highest BCUT2D eigenvalue weighted by atomic mass is 15.3. The molecule has 0 N–H and O–H groups in total. The van der Waals surface area contributed by atoms with Gasteiger partial charge in [0.2, 0.25) is 0 Å². The lowest BCUT2D eigenvalue weighted by Gasteiger charge is -2.44. The number of rotatable bonds is 5. The highest BCUT2D eigenvalue weighted by molar-refractivity contribution is 4.84. The van der Waals surface area contributed by atoms with E-state index in [0.29, 0.717) is 0 Å². The van der Waals surface area contributed by atoms with Crippen LogP contribution in [-0.4, -0.2) is 48.1 Å². The van der Waals surface area contributed by atoms with E-state index in [-0.39, 0.29) is 0 Å². The minimum atomic E-state index is 0.741. The maximum Gasteiger partial charge on any atom is 0.0198 e.